The Morgan fingerprint density at radius 3 is 2.28 bits per heavy atom. The number of aromatic nitrogens is 2. The molecule has 0 radical (unpaired) electrons. The number of nitrogens with zero attached hydrogens (tertiary/aromatic N) is 3. The molecular weight excluding hydrogens is 364 g/mol. The van der Waals surface area contributed by atoms with Crippen molar-refractivity contribution in [1.29, 1.82) is 0 Å². The highest BCUT2D eigenvalue weighted by atomic mass is 16.2. The van der Waals surface area contributed by atoms with Gasteiger partial charge in [-0.05, 0) is 38.1 Å². The summed E-state index contributed by atoms with van der Waals surface area (Å²) < 4.78 is 0. The molecule has 0 aliphatic carbocycles. The minimum atomic E-state index is -0.433. The van der Waals surface area contributed by atoms with E-state index in [-0.39, 0.29) is 11.5 Å². The largest absolute Gasteiger partial charge is 0.342 e. The molecule has 0 aliphatic heterocycles. The molecule has 152 valence electrons. The first-order valence-electron chi connectivity index (χ1n) is 10.1. The van der Waals surface area contributed by atoms with Crippen molar-refractivity contribution in [3.63, 3.8) is 0 Å². The molecule has 3 rings (SSSR count). The van der Waals surface area contributed by atoms with Crippen molar-refractivity contribution in [1.82, 2.24) is 19.8 Å². The molecule has 0 bridgehead atoms. The van der Waals surface area contributed by atoms with Crippen LogP contribution in [0, 0.1) is 0 Å². The van der Waals surface area contributed by atoms with Gasteiger partial charge >= 0.3 is 0 Å². The Balaban J connectivity index is 1.99. The molecule has 29 heavy (non-hydrogen) atoms. The number of amides is 1. The summed E-state index contributed by atoms with van der Waals surface area (Å²) in [7, 11) is 0. The fourth-order valence-electron chi connectivity index (χ4n) is 3.64. The number of aromatic amines is 1. The standard InChI is InChI=1S/C23H28N4O2/c1-4-26(5-2)23(29)21(17-12-8-7-9-13-17)27(6-3)16-20-24-19-15-11-10-14-18(19)22(28)25-20/h7-15,21H,4-6,16H2,1-3H3,(H,24,25,28). The average molecular weight is 393 g/mol. The number of carbonyl (C=O) groups is 1. The van der Waals surface area contributed by atoms with E-state index < -0.39 is 6.04 Å². The SMILES string of the molecule is CCN(CC)C(=O)C(c1ccccc1)N(CC)Cc1nc2ccccc2c(=O)[nH]1. The van der Waals surface area contributed by atoms with E-state index in [0.29, 0.717) is 42.9 Å². The van der Waals surface area contributed by atoms with Crippen LogP contribution in [0.3, 0.4) is 0 Å². The molecule has 1 heterocycles. The Labute approximate surface area is 171 Å². The summed E-state index contributed by atoms with van der Waals surface area (Å²) in [5, 5.41) is 0.568. The van der Waals surface area contributed by atoms with Gasteiger partial charge in [0.1, 0.15) is 11.9 Å². The molecule has 1 aromatic heterocycles. The van der Waals surface area contributed by atoms with Gasteiger partial charge in [0.05, 0.1) is 17.4 Å². The molecule has 1 amide bonds. The first-order valence-corrected chi connectivity index (χ1v) is 10.1. The molecule has 0 aliphatic rings. The van der Waals surface area contributed by atoms with E-state index in [1.54, 1.807) is 6.07 Å². The summed E-state index contributed by atoms with van der Waals surface area (Å²) in [6.07, 6.45) is 0. The number of hydrogen-bond donors (Lipinski definition) is 1. The van der Waals surface area contributed by atoms with Gasteiger partial charge in [0.25, 0.3) is 5.56 Å². The van der Waals surface area contributed by atoms with Crippen LogP contribution < -0.4 is 5.56 Å². The first kappa shape index (κ1) is 20.7. The Kier molecular flexibility index (Phi) is 6.77. The normalized spacial score (nSPS) is 12.3. The van der Waals surface area contributed by atoms with Crippen LogP contribution in [-0.2, 0) is 11.3 Å². The molecule has 2 aromatic carbocycles. The lowest BCUT2D eigenvalue weighted by Crippen LogP contribution is -2.43. The average Bonchev–Trinajstić information content (AvgIpc) is 2.75. The third-order valence-electron chi connectivity index (χ3n) is 5.21. The molecule has 6 nitrogen and oxygen atoms in total. The first-order chi connectivity index (χ1) is 14.1. The number of hydrogen-bond acceptors (Lipinski definition) is 4. The number of rotatable bonds is 8. The van der Waals surface area contributed by atoms with E-state index in [0.717, 1.165) is 5.56 Å². The number of benzene rings is 2. The van der Waals surface area contributed by atoms with E-state index in [1.165, 1.54) is 0 Å². The van der Waals surface area contributed by atoms with Crippen molar-refractivity contribution >= 4 is 16.8 Å². The van der Waals surface area contributed by atoms with Gasteiger partial charge in [-0.25, -0.2) is 4.98 Å². The van der Waals surface area contributed by atoms with Crippen LogP contribution in [0.15, 0.2) is 59.4 Å². The van der Waals surface area contributed by atoms with Crippen LogP contribution in [0.25, 0.3) is 10.9 Å². The van der Waals surface area contributed by atoms with Gasteiger partial charge in [0.15, 0.2) is 0 Å². The highest BCUT2D eigenvalue weighted by Gasteiger charge is 2.30. The summed E-state index contributed by atoms with van der Waals surface area (Å²) in [6, 6.07) is 16.6. The maximum Gasteiger partial charge on any atom is 0.258 e. The highest BCUT2D eigenvalue weighted by molar-refractivity contribution is 5.83. The minimum Gasteiger partial charge on any atom is -0.342 e. The highest BCUT2D eigenvalue weighted by Crippen LogP contribution is 2.24. The zero-order valence-electron chi connectivity index (χ0n) is 17.3. The third kappa shape index (κ3) is 4.54. The fourth-order valence-corrected chi connectivity index (χ4v) is 3.64. The molecule has 1 unspecified atom stereocenters. The van der Waals surface area contributed by atoms with E-state index in [9.17, 15) is 9.59 Å². The van der Waals surface area contributed by atoms with Gasteiger partial charge in [0.2, 0.25) is 5.91 Å². The number of carbonyl (C=O) groups excluding carboxylic acids is 1. The summed E-state index contributed by atoms with van der Waals surface area (Å²) in [5.41, 5.74) is 1.44. The van der Waals surface area contributed by atoms with Crippen LogP contribution in [-0.4, -0.2) is 45.3 Å². The summed E-state index contributed by atoms with van der Waals surface area (Å²) in [4.78, 5) is 37.2. The number of fused-ring (bicyclic) bond motifs is 1. The van der Waals surface area contributed by atoms with Gasteiger partial charge in [0, 0.05) is 13.1 Å². The fraction of sp³-hybridized carbons (Fsp3) is 0.348. The lowest BCUT2D eigenvalue weighted by atomic mass is 10.0. The van der Waals surface area contributed by atoms with Crippen LogP contribution in [0.2, 0.25) is 0 Å². The van der Waals surface area contributed by atoms with Crippen molar-refractivity contribution in [3.05, 3.63) is 76.3 Å². The number of likely N-dealkylation sites (N-methyl/N-ethyl adjacent to an activating group) is 2. The van der Waals surface area contributed by atoms with E-state index in [2.05, 4.69) is 14.9 Å². The molecule has 6 heteroatoms. The Bertz CT molecular complexity index is 1010. The zero-order chi connectivity index (χ0) is 20.8. The lowest BCUT2D eigenvalue weighted by molar-refractivity contribution is -0.137. The summed E-state index contributed by atoms with van der Waals surface area (Å²) in [6.45, 7) is 8.32. The zero-order valence-corrected chi connectivity index (χ0v) is 17.3. The van der Waals surface area contributed by atoms with Crippen molar-refractivity contribution in [2.45, 2.75) is 33.4 Å². The van der Waals surface area contributed by atoms with E-state index >= 15 is 0 Å². The van der Waals surface area contributed by atoms with Crippen molar-refractivity contribution in [2.75, 3.05) is 19.6 Å². The second-order valence-corrected chi connectivity index (χ2v) is 6.92. The molecule has 1 N–H and O–H groups in total. The Hall–Kier alpha value is -2.99. The molecule has 3 aromatic rings. The third-order valence-corrected chi connectivity index (χ3v) is 5.21. The van der Waals surface area contributed by atoms with Gasteiger partial charge in [-0.1, -0.05) is 49.4 Å². The predicted octanol–water partition coefficient (Wildman–Crippen LogP) is 3.35. The van der Waals surface area contributed by atoms with Gasteiger partial charge in [-0.15, -0.1) is 0 Å². The quantitative estimate of drug-likeness (QED) is 0.638. The topological polar surface area (TPSA) is 69.3 Å². The van der Waals surface area contributed by atoms with Crippen LogP contribution in [0.5, 0.6) is 0 Å². The summed E-state index contributed by atoms with van der Waals surface area (Å²) >= 11 is 0. The molecule has 0 saturated heterocycles. The predicted molar refractivity (Wildman–Crippen MR) is 116 cm³/mol. The molecule has 0 spiro atoms. The molecule has 0 saturated carbocycles. The Morgan fingerprint density at radius 1 is 0.966 bits per heavy atom. The maximum atomic E-state index is 13.4. The second-order valence-electron chi connectivity index (χ2n) is 6.92. The summed E-state index contributed by atoms with van der Waals surface area (Å²) in [5.74, 6) is 0.620. The van der Waals surface area contributed by atoms with Crippen LogP contribution in [0.1, 0.15) is 38.2 Å². The maximum absolute atomic E-state index is 13.4. The van der Waals surface area contributed by atoms with Gasteiger partial charge in [-0.3, -0.25) is 14.5 Å². The number of H-pyrrole nitrogens is 1. The van der Waals surface area contributed by atoms with E-state index in [4.69, 9.17) is 0 Å². The number of para-hydroxylation sites is 1. The van der Waals surface area contributed by atoms with Gasteiger partial charge < -0.3 is 9.88 Å². The second kappa shape index (κ2) is 9.47. The molecule has 0 fully saturated rings. The van der Waals surface area contributed by atoms with Crippen molar-refractivity contribution < 1.29 is 4.79 Å². The smallest absolute Gasteiger partial charge is 0.258 e. The minimum absolute atomic E-state index is 0.0613. The monoisotopic (exact) mass is 392 g/mol. The Morgan fingerprint density at radius 2 is 1.62 bits per heavy atom. The molecular formula is C23H28N4O2. The molecule has 1 atom stereocenters. The van der Waals surface area contributed by atoms with Crippen molar-refractivity contribution in [2.24, 2.45) is 0 Å². The van der Waals surface area contributed by atoms with Gasteiger partial charge in [-0.2, -0.15) is 0 Å². The van der Waals surface area contributed by atoms with E-state index in [1.807, 2.05) is 74.2 Å². The van der Waals surface area contributed by atoms with Crippen LogP contribution >= 0.6 is 0 Å². The number of nitrogens with one attached hydrogen (secondary N) is 1. The van der Waals surface area contributed by atoms with Crippen LogP contribution in [0.4, 0.5) is 0 Å². The lowest BCUT2D eigenvalue weighted by Gasteiger charge is -2.33. The van der Waals surface area contributed by atoms with Crippen molar-refractivity contribution in [3.8, 4) is 0 Å².